The van der Waals surface area contributed by atoms with Crippen LogP contribution in [-0.4, -0.2) is 51.2 Å². The SMILES string of the molecule is COC(=O)CC1C[N]CCN(C)C1. The molecule has 4 heteroatoms. The van der Waals surface area contributed by atoms with Gasteiger partial charge >= 0.3 is 5.97 Å². The Morgan fingerprint density at radius 1 is 1.69 bits per heavy atom. The summed E-state index contributed by atoms with van der Waals surface area (Å²) in [5.74, 6) is 0.204. The van der Waals surface area contributed by atoms with Gasteiger partial charge in [-0.1, -0.05) is 0 Å². The molecule has 0 aromatic heterocycles. The molecule has 1 unspecified atom stereocenters. The maximum atomic E-state index is 11.0. The van der Waals surface area contributed by atoms with Gasteiger partial charge in [0.25, 0.3) is 0 Å². The molecule has 1 radical (unpaired) electrons. The maximum absolute atomic E-state index is 11.0. The van der Waals surface area contributed by atoms with Gasteiger partial charge < -0.3 is 9.64 Å². The van der Waals surface area contributed by atoms with E-state index in [0.717, 1.165) is 26.2 Å². The molecule has 1 aliphatic heterocycles. The van der Waals surface area contributed by atoms with Crippen LogP contribution in [0.25, 0.3) is 0 Å². The Morgan fingerprint density at radius 2 is 2.46 bits per heavy atom. The minimum absolute atomic E-state index is 0.129. The summed E-state index contributed by atoms with van der Waals surface area (Å²) >= 11 is 0. The van der Waals surface area contributed by atoms with Crippen LogP contribution in [0, 0.1) is 5.92 Å². The van der Waals surface area contributed by atoms with E-state index >= 15 is 0 Å². The number of methoxy groups -OCH3 is 1. The molecular weight excluding hydrogens is 168 g/mol. The highest BCUT2D eigenvalue weighted by atomic mass is 16.5. The Labute approximate surface area is 79.2 Å². The monoisotopic (exact) mass is 185 g/mol. The van der Waals surface area contributed by atoms with Crippen LogP contribution in [0.4, 0.5) is 0 Å². The molecule has 1 aliphatic rings. The number of rotatable bonds is 2. The summed E-state index contributed by atoms with van der Waals surface area (Å²) in [6.07, 6.45) is 0.490. The van der Waals surface area contributed by atoms with Gasteiger partial charge in [-0.3, -0.25) is 4.79 Å². The lowest BCUT2D eigenvalue weighted by Gasteiger charge is -2.17. The molecule has 0 amide bonds. The number of likely N-dealkylation sites (N-methyl/N-ethyl adjacent to an activating group) is 1. The lowest BCUT2D eigenvalue weighted by Crippen LogP contribution is -2.27. The molecule has 75 valence electrons. The van der Waals surface area contributed by atoms with E-state index < -0.39 is 0 Å². The molecule has 0 bridgehead atoms. The minimum Gasteiger partial charge on any atom is -0.469 e. The van der Waals surface area contributed by atoms with Gasteiger partial charge in [0.1, 0.15) is 0 Å². The van der Waals surface area contributed by atoms with Crippen molar-refractivity contribution in [2.75, 3.05) is 40.3 Å². The predicted molar refractivity (Wildman–Crippen MR) is 49.5 cm³/mol. The molecule has 0 aromatic carbocycles. The average molecular weight is 185 g/mol. The summed E-state index contributed by atoms with van der Waals surface area (Å²) in [5.41, 5.74) is 0. The first-order valence-corrected chi connectivity index (χ1v) is 4.61. The molecule has 0 aliphatic carbocycles. The number of carbonyl (C=O) groups excluding carboxylic acids is 1. The third-order valence-electron chi connectivity index (χ3n) is 2.28. The van der Waals surface area contributed by atoms with E-state index in [1.165, 1.54) is 7.11 Å². The summed E-state index contributed by atoms with van der Waals surface area (Å²) < 4.78 is 4.63. The third kappa shape index (κ3) is 3.74. The smallest absolute Gasteiger partial charge is 0.305 e. The van der Waals surface area contributed by atoms with E-state index in [9.17, 15) is 4.79 Å². The molecule has 0 saturated carbocycles. The topological polar surface area (TPSA) is 43.6 Å². The molecule has 0 spiro atoms. The molecular formula is C9H17N2O2. The molecule has 0 N–H and O–H groups in total. The van der Waals surface area contributed by atoms with Crippen LogP contribution in [0.3, 0.4) is 0 Å². The van der Waals surface area contributed by atoms with Gasteiger partial charge in [-0.2, -0.15) is 0 Å². The van der Waals surface area contributed by atoms with Gasteiger partial charge in [-0.05, 0) is 13.0 Å². The maximum Gasteiger partial charge on any atom is 0.305 e. The lowest BCUT2D eigenvalue weighted by molar-refractivity contribution is -0.141. The van der Waals surface area contributed by atoms with E-state index in [2.05, 4.69) is 22.0 Å². The fourth-order valence-electron chi connectivity index (χ4n) is 1.55. The quantitative estimate of drug-likeness (QED) is 0.555. The van der Waals surface area contributed by atoms with E-state index in [1.54, 1.807) is 0 Å². The summed E-state index contributed by atoms with van der Waals surface area (Å²) in [6.45, 7) is 3.61. The van der Waals surface area contributed by atoms with Crippen LogP contribution in [0.1, 0.15) is 6.42 Å². The zero-order valence-corrected chi connectivity index (χ0v) is 8.32. The van der Waals surface area contributed by atoms with E-state index in [-0.39, 0.29) is 5.97 Å². The Balaban J connectivity index is 2.34. The first kappa shape index (κ1) is 10.5. The second-order valence-electron chi connectivity index (χ2n) is 3.54. The normalized spacial score (nSPS) is 25.2. The summed E-state index contributed by atoms with van der Waals surface area (Å²) in [6, 6.07) is 0. The van der Waals surface area contributed by atoms with Crippen molar-refractivity contribution in [3.8, 4) is 0 Å². The van der Waals surface area contributed by atoms with Crippen molar-refractivity contribution >= 4 is 5.97 Å². The Morgan fingerprint density at radius 3 is 3.15 bits per heavy atom. The van der Waals surface area contributed by atoms with Crippen LogP contribution in [0.15, 0.2) is 0 Å². The number of nitrogens with zero attached hydrogens (tertiary/aromatic N) is 2. The molecule has 13 heavy (non-hydrogen) atoms. The predicted octanol–water partition coefficient (Wildman–Crippen LogP) is -0.284. The van der Waals surface area contributed by atoms with Crippen molar-refractivity contribution in [1.82, 2.24) is 10.2 Å². The standard InChI is InChI=1S/C9H17N2O2/c1-11-4-3-10-6-8(7-11)5-9(12)13-2/h8H,3-7H2,1-2H3. The number of hydrogen-bond donors (Lipinski definition) is 0. The highest BCUT2D eigenvalue weighted by Crippen LogP contribution is 2.08. The lowest BCUT2D eigenvalue weighted by atomic mass is 10.1. The van der Waals surface area contributed by atoms with E-state index in [0.29, 0.717) is 12.3 Å². The number of ether oxygens (including phenoxy) is 1. The van der Waals surface area contributed by atoms with Gasteiger partial charge in [0.05, 0.1) is 13.5 Å². The first-order valence-electron chi connectivity index (χ1n) is 4.61. The van der Waals surface area contributed by atoms with Gasteiger partial charge in [-0.15, -0.1) is 0 Å². The highest BCUT2D eigenvalue weighted by molar-refractivity contribution is 5.69. The van der Waals surface area contributed by atoms with Gasteiger partial charge in [0.15, 0.2) is 0 Å². The second kappa shape index (κ2) is 5.19. The molecule has 0 aromatic rings. The summed E-state index contributed by atoms with van der Waals surface area (Å²) in [4.78, 5) is 13.2. The van der Waals surface area contributed by atoms with Crippen molar-refractivity contribution in [3.63, 3.8) is 0 Å². The minimum atomic E-state index is -0.129. The van der Waals surface area contributed by atoms with Crippen LogP contribution in [-0.2, 0) is 9.53 Å². The molecule has 1 saturated heterocycles. The van der Waals surface area contributed by atoms with Crippen molar-refractivity contribution < 1.29 is 9.53 Å². The Kier molecular flexibility index (Phi) is 4.18. The van der Waals surface area contributed by atoms with Gasteiger partial charge in [0, 0.05) is 26.2 Å². The average Bonchev–Trinajstić information content (AvgIpc) is 2.30. The van der Waals surface area contributed by atoms with Gasteiger partial charge in [0.2, 0.25) is 0 Å². The highest BCUT2D eigenvalue weighted by Gasteiger charge is 2.19. The molecule has 1 fully saturated rings. The molecule has 1 rings (SSSR count). The number of carbonyl (C=O) groups is 1. The largest absolute Gasteiger partial charge is 0.469 e. The Bertz CT molecular complexity index is 173. The Hall–Kier alpha value is -0.610. The second-order valence-corrected chi connectivity index (χ2v) is 3.54. The van der Waals surface area contributed by atoms with Gasteiger partial charge in [-0.25, -0.2) is 5.32 Å². The fourth-order valence-corrected chi connectivity index (χ4v) is 1.55. The number of hydrogen-bond acceptors (Lipinski definition) is 3. The zero-order chi connectivity index (χ0) is 9.68. The van der Waals surface area contributed by atoms with Crippen molar-refractivity contribution in [2.45, 2.75) is 6.42 Å². The molecule has 1 heterocycles. The zero-order valence-electron chi connectivity index (χ0n) is 8.32. The van der Waals surface area contributed by atoms with Crippen LogP contribution >= 0.6 is 0 Å². The van der Waals surface area contributed by atoms with Crippen molar-refractivity contribution in [1.29, 1.82) is 0 Å². The van der Waals surface area contributed by atoms with E-state index in [1.807, 2.05) is 0 Å². The molecule has 4 nitrogen and oxygen atoms in total. The van der Waals surface area contributed by atoms with Crippen LogP contribution in [0.2, 0.25) is 0 Å². The fraction of sp³-hybridized carbons (Fsp3) is 0.889. The first-order chi connectivity index (χ1) is 6.22. The third-order valence-corrected chi connectivity index (χ3v) is 2.28. The summed E-state index contributed by atoms with van der Waals surface area (Å²) in [7, 11) is 3.49. The van der Waals surface area contributed by atoms with Crippen molar-refractivity contribution in [3.05, 3.63) is 0 Å². The molecule has 1 atom stereocenters. The number of esters is 1. The van der Waals surface area contributed by atoms with Crippen molar-refractivity contribution in [2.24, 2.45) is 5.92 Å². The van der Waals surface area contributed by atoms with Crippen LogP contribution in [0.5, 0.6) is 0 Å². The van der Waals surface area contributed by atoms with E-state index in [4.69, 9.17) is 0 Å². The van der Waals surface area contributed by atoms with Crippen LogP contribution < -0.4 is 5.32 Å². The summed E-state index contributed by atoms with van der Waals surface area (Å²) in [5, 5.41) is 4.34.